The lowest BCUT2D eigenvalue weighted by Crippen LogP contribution is -2.51. The molecule has 0 aromatic heterocycles. The van der Waals surface area contributed by atoms with E-state index in [-0.39, 0.29) is 0 Å². The van der Waals surface area contributed by atoms with Crippen molar-refractivity contribution < 1.29 is 4.74 Å². The van der Waals surface area contributed by atoms with Crippen LogP contribution in [0.3, 0.4) is 0 Å². The fourth-order valence-electron chi connectivity index (χ4n) is 4.03. The Balaban J connectivity index is 1.58. The molecule has 0 atom stereocenters. The zero-order valence-electron chi connectivity index (χ0n) is 13.8. The number of hydrogen-bond donors (Lipinski definition) is 0. The van der Waals surface area contributed by atoms with E-state index in [2.05, 4.69) is 64.4 Å². The summed E-state index contributed by atoms with van der Waals surface area (Å²) in [5.74, 6) is 1.04. The fourth-order valence-corrected chi connectivity index (χ4v) is 4.03. The first-order chi connectivity index (χ1) is 11.9. The van der Waals surface area contributed by atoms with Gasteiger partial charge in [-0.05, 0) is 43.5 Å². The molecule has 0 radical (unpaired) electrons. The van der Waals surface area contributed by atoms with Crippen LogP contribution in [0.2, 0.25) is 0 Å². The Labute approximate surface area is 143 Å². The molecule has 1 fully saturated rings. The van der Waals surface area contributed by atoms with E-state index in [4.69, 9.17) is 4.74 Å². The molecule has 2 aromatic carbocycles. The van der Waals surface area contributed by atoms with Crippen molar-refractivity contribution in [2.45, 2.75) is 25.3 Å². The van der Waals surface area contributed by atoms with Crippen LogP contribution < -0.4 is 9.64 Å². The van der Waals surface area contributed by atoms with Gasteiger partial charge in [-0.1, -0.05) is 30.3 Å². The van der Waals surface area contributed by atoms with Gasteiger partial charge in [0, 0.05) is 29.4 Å². The summed E-state index contributed by atoms with van der Waals surface area (Å²) in [7, 11) is 0. The molecular formula is C21H22N2O. The Morgan fingerprint density at radius 1 is 0.917 bits per heavy atom. The summed E-state index contributed by atoms with van der Waals surface area (Å²) in [4.78, 5) is 5.12. The molecule has 0 spiro atoms. The molecule has 122 valence electrons. The highest BCUT2D eigenvalue weighted by Crippen LogP contribution is 2.42. The monoisotopic (exact) mass is 318 g/mol. The Morgan fingerprint density at radius 3 is 2.50 bits per heavy atom. The molecule has 3 nitrogen and oxygen atoms in total. The summed E-state index contributed by atoms with van der Waals surface area (Å²) in [5, 5.41) is 0. The van der Waals surface area contributed by atoms with E-state index in [1.165, 1.54) is 41.8 Å². The van der Waals surface area contributed by atoms with Crippen molar-refractivity contribution >= 4 is 11.4 Å². The van der Waals surface area contributed by atoms with E-state index in [1.54, 1.807) is 0 Å². The number of ether oxygens (including phenoxy) is 1. The highest BCUT2D eigenvalue weighted by molar-refractivity contribution is 5.76. The average molecular weight is 318 g/mol. The Bertz CT molecular complexity index is 779. The lowest BCUT2D eigenvalue weighted by molar-refractivity contribution is 0.184. The molecule has 2 heterocycles. The predicted molar refractivity (Wildman–Crippen MR) is 97.0 cm³/mol. The van der Waals surface area contributed by atoms with Gasteiger partial charge in [0.1, 0.15) is 12.4 Å². The van der Waals surface area contributed by atoms with E-state index in [0.717, 1.165) is 19.0 Å². The Morgan fingerprint density at radius 2 is 1.71 bits per heavy atom. The second kappa shape index (κ2) is 5.59. The number of hydrogen-bond acceptors (Lipinski definition) is 3. The average Bonchev–Trinajstić information content (AvgIpc) is 2.60. The standard InChI is InChI=1S/C21H22N2O/c1-2-7-17(8-3-1)22-13-16-14-24-20-12-5-4-11-19(20)21(16)23(15-22)18-9-6-10-18/h1-5,7-8,11-12,18H,6,9-10,13-15H2. The van der Waals surface area contributed by atoms with Crippen LogP contribution in [-0.2, 0) is 0 Å². The van der Waals surface area contributed by atoms with Crippen molar-refractivity contribution in [1.82, 2.24) is 4.90 Å². The van der Waals surface area contributed by atoms with Crippen molar-refractivity contribution in [1.29, 1.82) is 0 Å². The summed E-state index contributed by atoms with van der Waals surface area (Å²) >= 11 is 0. The molecule has 0 N–H and O–H groups in total. The maximum Gasteiger partial charge on any atom is 0.129 e. The molecule has 5 rings (SSSR count). The second-order valence-corrected chi connectivity index (χ2v) is 6.97. The number of anilines is 1. The Hall–Kier alpha value is -2.42. The summed E-state index contributed by atoms with van der Waals surface area (Å²) in [5.41, 5.74) is 5.43. The molecule has 0 amide bonds. The van der Waals surface area contributed by atoms with Gasteiger partial charge in [0.25, 0.3) is 0 Å². The lowest BCUT2D eigenvalue weighted by atomic mass is 9.88. The van der Waals surface area contributed by atoms with Gasteiger partial charge in [-0.2, -0.15) is 0 Å². The molecule has 0 unspecified atom stereocenters. The SMILES string of the molecule is c1ccc(N2CC3=C(c4ccccc4OC3)N(C3CCC3)C2)cc1. The summed E-state index contributed by atoms with van der Waals surface area (Å²) in [6.45, 7) is 2.64. The van der Waals surface area contributed by atoms with E-state index in [1.807, 2.05) is 0 Å². The summed E-state index contributed by atoms with van der Waals surface area (Å²) in [6, 6.07) is 19.9. The fraction of sp³-hybridized carbons (Fsp3) is 0.333. The normalized spacial score (nSPS) is 20.2. The molecule has 0 bridgehead atoms. The van der Waals surface area contributed by atoms with Crippen LogP contribution >= 0.6 is 0 Å². The number of benzene rings is 2. The number of rotatable bonds is 2. The number of nitrogens with zero attached hydrogens (tertiary/aromatic N) is 2. The second-order valence-electron chi connectivity index (χ2n) is 6.97. The van der Waals surface area contributed by atoms with Gasteiger partial charge in [-0.25, -0.2) is 0 Å². The first-order valence-electron chi connectivity index (χ1n) is 8.91. The first-order valence-corrected chi connectivity index (χ1v) is 8.91. The minimum atomic E-state index is 0.674. The first kappa shape index (κ1) is 14.0. The molecule has 1 saturated carbocycles. The van der Waals surface area contributed by atoms with Gasteiger partial charge in [0.05, 0.1) is 12.4 Å². The lowest BCUT2D eigenvalue weighted by Gasteiger charge is -2.49. The smallest absolute Gasteiger partial charge is 0.129 e. The highest BCUT2D eigenvalue weighted by Gasteiger charge is 2.36. The van der Waals surface area contributed by atoms with Gasteiger partial charge in [0.2, 0.25) is 0 Å². The Kier molecular flexibility index (Phi) is 3.25. The molecule has 2 aromatic rings. The molecule has 3 aliphatic rings. The number of fused-ring (bicyclic) bond motifs is 2. The van der Waals surface area contributed by atoms with Gasteiger partial charge in [-0.15, -0.1) is 0 Å². The zero-order chi connectivity index (χ0) is 15.9. The molecule has 1 aliphatic carbocycles. The maximum absolute atomic E-state index is 6.05. The summed E-state index contributed by atoms with van der Waals surface area (Å²) < 4.78 is 6.05. The van der Waals surface area contributed by atoms with E-state index in [9.17, 15) is 0 Å². The van der Waals surface area contributed by atoms with Crippen LogP contribution in [0.4, 0.5) is 5.69 Å². The molecule has 0 saturated heterocycles. The molecule has 3 heteroatoms. The maximum atomic E-state index is 6.05. The van der Waals surface area contributed by atoms with Crippen molar-refractivity contribution in [3.05, 3.63) is 65.7 Å². The third kappa shape index (κ3) is 2.19. The van der Waals surface area contributed by atoms with E-state index < -0.39 is 0 Å². The van der Waals surface area contributed by atoms with Crippen molar-refractivity contribution in [2.24, 2.45) is 0 Å². The quantitative estimate of drug-likeness (QED) is 0.828. The van der Waals surface area contributed by atoms with Crippen LogP contribution in [0.5, 0.6) is 5.75 Å². The molecular weight excluding hydrogens is 296 g/mol. The minimum absolute atomic E-state index is 0.674. The van der Waals surface area contributed by atoms with Crippen molar-refractivity contribution in [2.75, 3.05) is 24.7 Å². The number of para-hydroxylation sites is 2. The van der Waals surface area contributed by atoms with Gasteiger partial charge in [0.15, 0.2) is 0 Å². The largest absolute Gasteiger partial charge is 0.488 e. The molecule has 24 heavy (non-hydrogen) atoms. The highest BCUT2D eigenvalue weighted by atomic mass is 16.5. The molecule has 2 aliphatic heterocycles. The zero-order valence-corrected chi connectivity index (χ0v) is 13.8. The van der Waals surface area contributed by atoms with Crippen LogP contribution in [0.25, 0.3) is 5.70 Å². The van der Waals surface area contributed by atoms with Gasteiger partial charge < -0.3 is 14.5 Å². The van der Waals surface area contributed by atoms with E-state index in [0.29, 0.717) is 12.6 Å². The van der Waals surface area contributed by atoms with Gasteiger partial charge in [-0.3, -0.25) is 0 Å². The van der Waals surface area contributed by atoms with Crippen molar-refractivity contribution in [3.8, 4) is 5.75 Å². The van der Waals surface area contributed by atoms with Crippen LogP contribution in [0.15, 0.2) is 60.2 Å². The topological polar surface area (TPSA) is 15.7 Å². The van der Waals surface area contributed by atoms with Gasteiger partial charge >= 0.3 is 0 Å². The van der Waals surface area contributed by atoms with E-state index >= 15 is 0 Å². The van der Waals surface area contributed by atoms with Crippen LogP contribution in [0, 0.1) is 0 Å². The van der Waals surface area contributed by atoms with Crippen molar-refractivity contribution in [3.63, 3.8) is 0 Å². The van der Waals surface area contributed by atoms with Crippen LogP contribution in [0.1, 0.15) is 24.8 Å². The third-order valence-corrected chi connectivity index (χ3v) is 5.51. The summed E-state index contributed by atoms with van der Waals surface area (Å²) in [6.07, 6.45) is 3.97. The minimum Gasteiger partial charge on any atom is -0.488 e. The third-order valence-electron chi connectivity index (χ3n) is 5.51. The predicted octanol–water partition coefficient (Wildman–Crippen LogP) is 4.12. The van der Waals surface area contributed by atoms with Crippen LogP contribution in [-0.4, -0.2) is 30.8 Å².